The Bertz CT molecular complexity index is 652. The SMILES string of the molecule is CCOc1ccccc1NC(=O)[C@@H](CC)Oc1ccc(CC)cc1. The molecule has 0 unspecified atom stereocenters. The molecule has 0 spiro atoms. The Kier molecular flexibility index (Phi) is 6.67. The number of carbonyl (C=O) groups excluding carboxylic acids is 1. The summed E-state index contributed by atoms with van der Waals surface area (Å²) in [7, 11) is 0. The van der Waals surface area contributed by atoms with E-state index in [1.165, 1.54) is 5.56 Å². The van der Waals surface area contributed by atoms with Gasteiger partial charge in [0.2, 0.25) is 0 Å². The van der Waals surface area contributed by atoms with Gasteiger partial charge in [-0.05, 0) is 49.6 Å². The Morgan fingerprint density at radius 1 is 1.04 bits per heavy atom. The van der Waals surface area contributed by atoms with E-state index in [1.807, 2.05) is 62.4 Å². The van der Waals surface area contributed by atoms with Crippen LogP contribution >= 0.6 is 0 Å². The van der Waals surface area contributed by atoms with Crippen molar-refractivity contribution in [2.75, 3.05) is 11.9 Å². The Morgan fingerprint density at radius 3 is 2.38 bits per heavy atom. The molecule has 0 aliphatic rings. The molecule has 1 N–H and O–H groups in total. The molecule has 0 bridgehead atoms. The van der Waals surface area contributed by atoms with Gasteiger partial charge < -0.3 is 14.8 Å². The van der Waals surface area contributed by atoms with Gasteiger partial charge in [0.05, 0.1) is 12.3 Å². The summed E-state index contributed by atoms with van der Waals surface area (Å²) in [5.41, 5.74) is 1.90. The fourth-order valence-electron chi connectivity index (χ4n) is 2.35. The minimum absolute atomic E-state index is 0.177. The van der Waals surface area contributed by atoms with Crippen molar-refractivity contribution in [1.29, 1.82) is 0 Å². The van der Waals surface area contributed by atoms with Crippen molar-refractivity contribution in [3.8, 4) is 11.5 Å². The van der Waals surface area contributed by atoms with E-state index in [9.17, 15) is 4.79 Å². The summed E-state index contributed by atoms with van der Waals surface area (Å²) in [6.45, 7) is 6.49. The second-order valence-corrected chi connectivity index (χ2v) is 5.43. The predicted octanol–water partition coefficient (Wildman–Crippen LogP) is 4.44. The molecule has 0 heterocycles. The predicted molar refractivity (Wildman–Crippen MR) is 96.8 cm³/mol. The largest absolute Gasteiger partial charge is 0.492 e. The molecular formula is C20H25NO3. The lowest BCUT2D eigenvalue weighted by Gasteiger charge is -2.18. The number of benzene rings is 2. The molecule has 4 heteroatoms. The van der Waals surface area contributed by atoms with Crippen molar-refractivity contribution in [2.24, 2.45) is 0 Å². The number of hydrogen-bond acceptors (Lipinski definition) is 3. The summed E-state index contributed by atoms with van der Waals surface area (Å²) >= 11 is 0. The van der Waals surface area contributed by atoms with Gasteiger partial charge >= 0.3 is 0 Å². The fourth-order valence-corrected chi connectivity index (χ4v) is 2.35. The van der Waals surface area contributed by atoms with Crippen LogP contribution in [0.2, 0.25) is 0 Å². The second-order valence-electron chi connectivity index (χ2n) is 5.43. The highest BCUT2D eigenvalue weighted by Gasteiger charge is 2.19. The van der Waals surface area contributed by atoms with E-state index in [0.29, 0.717) is 30.2 Å². The van der Waals surface area contributed by atoms with E-state index in [-0.39, 0.29) is 5.91 Å². The van der Waals surface area contributed by atoms with Crippen LogP contribution in [-0.4, -0.2) is 18.6 Å². The van der Waals surface area contributed by atoms with Crippen molar-refractivity contribution in [3.05, 3.63) is 54.1 Å². The molecule has 24 heavy (non-hydrogen) atoms. The Balaban J connectivity index is 2.05. The Hall–Kier alpha value is -2.49. The fraction of sp³-hybridized carbons (Fsp3) is 0.350. The first-order valence-electron chi connectivity index (χ1n) is 8.46. The number of amides is 1. The highest BCUT2D eigenvalue weighted by atomic mass is 16.5. The third-order valence-electron chi connectivity index (χ3n) is 3.72. The van der Waals surface area contributed by atoms with Gasteiger partial charge in [0.25, 0.3) is 5.91 Å². The minimum atomic E-state index is -0.549. The highest BCUT2D eigenvalue weighted by Crippen LogP contribution is 2.24. The molecule has 1 atom stereocenters. The quantitative estimate of drug-likeness (QED) is 0.779. The molecular weight excluding hydrogens is 302 g/mol. The summed E-state index contributed by atoms with van der Waals surface area (Å²) < 4.78 is 11.4. The molecule has 0 aliphatic heterocycles. The van der Waals surface area contributed by atoms with Crippen LogP contribution in [0, 0.1) is 0 Å². The number of carbonyl (C=O) groups is 1. The summed E-state index contributed by atoms with van der Waals surface area (Å²) in [6, 6.07) is 15.3. The number of rotatable bonds is 8. The van der Waals surface area contributed by atoms with Gasteiger partial charge in [-0.1, -0.05) is 38.1 Å². The lowest BCUT2D eigenvalue weighted by Crippen LogP contribution is -2.32. The van der Waals surface area contributed by atoms with Crippen LogP contribution in [0.3, 0.4) is 0 Å². The van der Waals surface area contributed by atoms with Crippen LogP contribution in [-0.2, 0) is 11.2 Å². The van der Waals surface area contributed by atoms with E-state index in [4.69, 9.17) is 9.47 Å². The standard InChI is InChI=1S/C20H25NO3/c1-4-15-11-13-16(14-12-15)24-18(5-2)20(22)21-17-9-7-8-10-19(17)23-6-3/h7-14,18H,4-6H2,1-3H3,(H,21,22)/t18-/m1/s1. The van der Waals surface area contributed by atoms with E-state index >= 15 is 0 Å². The zero-order valence-corrected chi connectivity index (χ0v) is 14.5. The summed E-state index contributed by atoms with van der Waals surface area (Å²) in [5.74, 6) is 1.19. The number of hydrogen-bond donors (Lipinski definition) is 1. The van der Waals surface area contributed by atoms with E-state index in [0.717, 1.165) is 6.42 Å². The van der Waals surface area contributed by atoms with E-state index in [1.54, 1.807) is 0 Å². The van der Waals surface area contributed by atoms with Gasteiger partial charge in [0.1, 0.15) is 11.5 Å². The molecule has 0 aliphatic carbocycles. The first-order chi connectivity index (χ1) is 11.7. The van der Waals surface area contributed by atoms with E-state index in [2.05, 4.69) is 12.2 Å². The molecule has 2 rings (SSSR count). The summed E-state index contributed by atoms with van der Waals surface area (Å²) in [5, 5.41) is 2.90. The maximum absolute atomic E-state index is 12.5. The molecule has 0 aromatic heterocycles. The van der Waals surface area contributed by atoms with Gasteiger partial charge in [-0.15, -0.1) is 0 Å². The van der Waals surface area contributed by atoms with Crippen LogP contribution in [0.4, 0.5) is 5.69 Å². The Labute approximate surface area is 143 Å². The van der Waals surface area contributed by atoms with Crippen LogP contribution in [0.5, 0.6) is 11.5 Å². The average Bonchev–Trinajstić information content (AvgIpc) is 2.62. The molecule has 0 radical (unpaired) electrons. The maximum atomic E-state index is 12.5. The van der Waals surface area contributed by atoms with Crippen molar-refractivity contribution >= 4 is 11.6 Å². The summed E-state index contributed by atoms with van der Waals surface area (Å²) in [6.07, 6.45) is 1.01. The number of anilines is 1. The summed E-state index contributed by atoms with van der Waals surface area (Å²) in [4.78, 5) is 12.5. The number of ether oxygens (including phenoxy) is 2. The zero-order chi connectivity index (χ0) is 17.4. The van der Waals surface area contributed by atoms with E-state index < -0.39 is 6.10 Å². The van der Waals surface area contributed by atoms with Crippen molar-refractivity contribution in [2.45, 2.75) is 39.7 Å². The van der Waals surface area contributed by atoms with Crippen molar-refractivity contribution in [1.82, 2.24) is 0 Å². The van der Waals surface area contributed by atoms with Gasteiger partial charge in [0.15, 0.2) is 6.10 Å². The molecule has 0 saturated heterocycles. The van der Waals surface area contributed by atoms with Gasteiger partial charge in [-0.3, -0.25) is 4.79 Å². The molecule has 0 fully saturated rings. The average molecular weight is 327 g/mol. The van der Waals surface area contributed by atoms with Crippen LogP contribution in [0.1, 0.15) is 32.8 Å². The van der Waals surface area contributed by atoms with Crippen LogP contribution in [0.25, 0.3) is 0 Å². The minimum Gasteiger partial charge on any atom is -0.492 e. The lowest BCUT2D eigenvalue weighted by molar-refractivity contribution is -0.122. The number of para-hydroxylation sites is 2. The number of nitrogens with one attached hydrogen (secondary N) is 1. The monoisotopic (exact) mass is 327 g/mol. The smallest absolute Gasteiger partial charge is 0.265 e. The van der Waals surface area contributed by atoms with Gasteiger partial charge in [0, 0.05) is 0 Å². The highest BCUT2D eigenvalue weighted by molar-refractivity contribution is 5.95. The van der Waals surface area contributed by atoms with Crippen LogP contribution < -0.4 is 14.8 Å². The third-order valence-corrected chi connectivity index (χ3v) is 3.72. The second kappa shape index (κ2) is 8.96. The zero-order valence-electron chi connectivity index (χ0n) is 14.5. The maximum Gasteiger partial charge on any atom is 0.265 e. The van der Waals surface area contributed by atoms with Crippen LogP contribution in [0.15, 0.2) is 48.5 Å². The van der Waals surface area contributed by atoms with Gasteiger partial charge in [-0.2, -0.15) is 0 Å². The Morgan fingerprint density at radius 2 is 1.75 bits per heavy atom. The lowest BCUT2D eigenvalue weighted by atomic mass is 10.1. The molecule has 2 aromatic carbocycles. The topological polar surface area (TPSA) is 47.6 Å². The molecule has 1 amide bonds. The number of aryl methyl sites for hydroxylation is 1. The normalized spacial score (nSPS) is 11.6. The molecule has 128 valence electrons. The first kappa shape index (κ1) is 17.9. The molecule has 2 aromatic rings. The van der Waals surface area contributed by atoms with Crippen molar-refractivity contribution < 1.29 is 14.3 Å². The third kappa shape index (κ3) is 4.75. The molecule has 0 saturated carbocycles. The molecule has 4 nitrogen and oxygen atoms in total. The van der Waals surface area contributed by atoms with Gasteiger partial charge in [-0.25, -0.2) is 0 Å². The first-order valence-corrected chi connectivity index (χ1v) is 8.46. The van der Waals surface area contributed by atoms with Crippen molar-refractivity contribution in [3.63, 3.8) is 0 Å².